The molecule has 11 nitrogen and oxygen atoms in total. The van der Waals surface area contributed by atoms with E-state index in [4.69, 9.17) is 4.98 Å². The van der Waals surface area contributed by atoms with Crippen molar-refractivity contribution >= 4 is 47.1 Å². The number of allylic oxidation sites excluding steroid dienone is 1. The average Bonchev–Trinajstić information content (AvgIpc) is 3.24. The number of rotatable bonds is 7. The predicted octanol–water partition coefficient (Wildman–Crippen LogP) is 2.10. The highest BCUT2D eigenvalue weighted by atomic mass is 32.2. The molecule has 0 bridgehead atoms. The molecule has 2 saturated heterocycles. The number of likely N-dealkylation sites (tertiary alicyclic amines) is 1. The topological polar surface area (TPSA) is 133 Å². The summed E-state index contributed by atoms with van der Waals surface area (Å²) in [7, 11) is 0. The molecule has 36 heavy (non-hydrogen) atoms. The fraction of sp³-hybridized carbons (Fsp3) is 0.458. The first-order valence-corrected chi connectivity index (χ1v) is 13.3. The molecule has 6 rings (SSSR count). The molecule has 3 fully saturated rings. The maximum atomic E-state index is 13.0. The van der Waals surface area contributed by atoms with Gasteiger partial charge in [0.1, 0.15) is 11.5 Å². The highest BCUT2D eigenvalue weighted by Crippen LogP contribution is 2.44. The molecule has 0 radical (unpaired) electrons. The van der Waals surface area contributed by atoms with Gasteiger partial charge in [0.25, 0.3) is 11.8 Å². The molecule has 4 N–H and O–H groups in total. The summed E-state index contributed by atoms with van der Waals surface area (Å²) in [5.74, 6) is 0.315. The Morgan fingerprint density at radius 2 is 2.14 bits per heavy atom. The lowest BCUT2D eigenvalue weighted by Crippen LogP contribution is -2.44. The number of hydrogen-bond donors (Lipinski definition) is 4. The van der Waals surface area contributed by atoms with Crippen molar-refractivity contribution in [1.82, 2.24) is 35.4 Å². The van der Waals surface area contributed by atoms with Crippen LogP contribution in [0.15, 0.2) is 28.9 Å². The van der Waals surface area contributed by atoms with Crippen molar-refractivity contribution in [3.63, 3.8) is 0 Å². The lowest BCUT2D eigenvalue weighted by atomic mass is 10.2. The summed E-state index contributed by atoms with van der Waals surface area (Å²) in [4.78, 5) is 44.4. The van der Waals surface area contributed by atoms with Crippen LogP contribution in [-0.4, -0.2) is 62.6 Å². The number of hydrogen-bond acceptors (Lipinski definition) is 8. The van der Waals surface area contributed by atoms with Gasteiger partial charge in [0, 0.05) is 24.2 Å². The van der Waals surface area contributed by atoms with Crippen LogP contribution in [0.5, 0.6) is 0 Å². The third-order valence-electron chi connectivity index (χ3n) is 6.88. The van der Waals surface area contributed by atoms with Gasteiger partial charge in [-0.1, -0.05) is 13.0 Å². The van der Waals surface area contributed by atoms with Crippen LogP contribution in [0.3, 0.4) is 0 Å². The van der Waals surface area contributed by atoms with Crippen molar-refractivity contribution in [3.8, 4) is 0 Å². The van der Waals surface area contributed by atoms with Gasteiger partial charge in [-0.15, -0.1) is 11.8 Å². The molecule has 1 saturated carbocycles. The molecule has 2 aromatic rings. The number of carbonyl (C=O) groups excluding carboxylic acids is 3. The van der Waals surface area contributed by atoms with E-state index >= 15 is 0 Å². The van der Waals surface area contributed by atoms with Gasteiger partial charge < -0.3 is 16.0 Å². The largest absolute Gasteiger partial charge is 0.367 e. The summed E-state index contributed by atoms with van der Waals surface area (Å²) < 4.78 is 1.73. The van der Waals surface area contributed by atoms with Crippen LogP contribution in [-0.2, 0) is 9.59 Å². The van der Waals surface area contributed by atoms with E-state index in [1.54, 1.807) is 16.8 Å². The number of thioether (sulfide) groups is 1. The van der Waals surface area contributed by atoms with E-state index in [0.29, 0.717) is 23.7 Å². The van der Waals surface area contributed by atoms with Crippen molar-refractivity contribution in [2.24, 2.45) is 0 Å². The fourth-order valence-corrected chi connectivity index (χ4v) is 5.92. The molecule has 1 aliphatic carbocycles. The zero-order valence-electron chi connectivity index (χ0n) is 19.9. The summed E-state index contributed by atoms with van der Waals surface area (Å²) in [6.07, 6.45) is 10.3. The number of amides is 4. The van der Waals surface area contributed by atoms with E-state index in [9.17, 15) is 14.4 Å². The van der Waals surface area contributed by atoms with Gasteiger partial charge in [-0.3, -0.25) is 19.8 Å². The van der Waals surface area contributed by atoms with Crippen molar-refractivity contribution in [2.45, 2.75) is 56.5 Å². The molecule has 4 amide bonds. The van der Waals surface area contributed by atoms with Crippen LogP contribution >= 0.6 is 11.8 Å². The highest BCUT2D eigenvalue weighted by Gasteiger charge is 2.31. The van der Waals surface area contributed by atoms with Crippen LogP contribution in [0.1, 0.15) is 55.5 Å². The monoisotopic (exact) mass is 508 g/mol. The molecule has 5 heterocycles. The molecular formula is C24H28N8O3S. The number of nitrogens with zero attached hydrogens (tertiary/aromatic N) is 4. The van der Waals surface area contributed by atoms with E-state index in [2.05, 4.69) is 38.2 Å². The molecule has 0 spiro atoms. The quantitative estimate of drug-likeness (QED) is 0.330. The smallest absolute Gasteiger partial charge is 0.326 e. The van der Waals surface area contributed by atoms with Crippen molar-refractivity contribution in [2.75, 3.05) is 18.4 Å². The number of urea groups is 1. The molecule has 2 atom stereocenters. The van der Waals surface area contributed by atoms with Gasteiger partial charge >= 0.3 is 6.03 Å². The van der Waals surface area contributed by atoms with Gasteiger partial charge in [-0.05, 0) is 44.7 Å². The van der Waals surface area contributed by atoms with Crippen molar-refractivity contribution in [1.29, 1.82) is 0 Å². The number of nitrogens with one attached hydrogen (secondary N) is 4. The molecule has 0 aromatic carbocycles. The first-order chi connectivity index (χ1) is 17.5. The summed E-state index contributed by atoms with van der Waals surface area (Å²) in [6, 6.07) is 1.85. The molecular weight excluding hydrogens is 480 g/mol. The second-order valence-electron chi connectivity index (χ2n) is 9.46. The molecule has 3 aliphatic heterocycles. The lowest BCUT2D eigenvalue weighted by Gasteiger charge is -2.23. The number of anilines is 1. The zero-order valence-corrected chi connectivity index (χ0v) is 20.7. The maximum absolute atomic E-state index is 13.0. The fourth-order valence-electron chi connectivity index (χ4n) is 4.82. The lowest BCUT2D eigenvalue weighted by molar-refractivity contribution is -0.118. The second kappa shape index (κ2) is 9.25. The second-order valence-corrected chi connectivity index (χ2v) is 10.7. The normalized spacial score (nSPS) is 25.4. The highest BCUT2D eigenvalue weighted by molar-refractivity contribution is 8.04. The maximum Gasteiger partial charge on any atom is 0.326 e. The van der Waals surface area contributed by atoms with Crippen molar-refractivity contribution < 1.29 is 14.4 Å². The minimum absolute atomic E-state index is 0.00811. The third-order valence-corrected chi connectivity index (χ3v) is 8.20. The van der Waals surface area contributed by atoms with Gasteiger partial charge in [-0.2, -0.15) is 9.61 Å². The van der Waals surface area contributed by atoms with Gasteiger partial charge in [-0.25, -0.2) is 9.78 Å². The van der Waals surface area contributed by atoms with E-state index in [1.807, 2.05) is 12.1 Å². The Morgan fingerprint density at radius 1 is 1.28 bits per heavy atom. The molecule has 12 heteroatoms. The summed E-state index contributed by atoms with van der Waals surface area (Å²) in [6.45, 7) is 4.06. The van der Waals surface area contributed by atoms with E-state index < -0.39 is 11.9 Å². The van der Waals surface area contributed by atoms with E-state index in [-0.39, 0.29) is 23.0 Å². The first kappa shape index (κ1) is 23.0. The average molecular weight is 509 g/mol. The van der Waals surface area contributed by atoms with Crippen LogP contribution in [0.2, 0.25) is 0 Å². The molecule has 188 valence electrons. The van der Waals surface area contributed by atoms with E-state index in [0.717, 1.165) is 55.2 Å². The number of aromatic nitrogens is 3. The van der Waals surface area contributed by atoms with Crippen LogP contribution in [0, 0.1) is 0 Å². The van der Waals surface area contributed by atoms with Gasteiger partial charge in [0.2, 0.25) is 0 Å². The standard InChI is InChI=1S/C24H28N8O3S/c1-2-31-9-3-4-19(31)29-23(34)18-8-7-17(36-18)15-11-20(26-14-5-6-14)32-21(27-15)13(12-25-32)10-16-22(33)30-24(35)28-16/h8,10-12,14,17,19,26H,2-7,9H2,1H3,(H,29,34)(H2,28,30,33,35)/b16-10-/t17?,19-/m0/s1. The Kier molecular flexibility index (Phi) is 5.92. The SMILES string of the molecule is CCN1CCC[C@H]1NC(=O)C1=CCC(c2cc(NC3CC3)n3ncc(/C=C4\NC(=O)NC4=O)c3n2)S1. The summed E-state index contributed by atoms with van der Waals surface area (Å²) >= 11 is 1.53. The zero-order chi connectivity index (χ0) is 24.8. The Hall–Kier alpha value is -3.38. The van der Waals surface area contributed by atoms with Crippen LogP contribution in [0.4, 0.5) is 10.6 Å². The minimum Gasteiger partial charge on any atom is -0.367 e. The van der Waals surface area contributed by atoms with Crippen LogP contribution in [0.25, 0.3) is 11.7 Å². The predicted molar refractivity (Wildman–Crippen MR) is 136 cm³/mol. The molecule has 4 aliphatic rings. The van der Waals surface area contributed by atoms with Crippen molar-refractivity contribution in [3.05, 3.63) is 40.2 Å². The minimum atomic E-state index is -0.550. The number of fused-ring (bicyclic) bond motifs is 1. The number of imide groups is 1. The molecule has 1 unspecified atom stereocenters. The first-order valence-electron chi connectivity index (χ1n) is 12.4. The van der Waals surface area contributed by atoms with E-state index in [1.165, 1.54) is 11.8 Å². The van der Waals surface area contributed by atoms with Gasteiger partial charge in [0.05, 0.1) is 28.2 Å². The van der Waals surface area contributed by atoms with Crippen LogP contribution < -0.4 is 21.3 Å². The summed E-state index contributed by atoms with van der Waals surface area (Å²) in [5, 5.41) is 15.9. The number of carbonyl (C=O) groups is 3. The Bertz CT molecular complexity index is 1310. The Balaban J connectivity index is 1.25. The Morgan fingerprint density at radius 3 is 2.89 bits per heavy atom. The van der Waals surface area contributed by atoms with Gasteiger partial charge in [0.15, 0.2) is 5.65 Å². The summed E-state index contributed by atoms with van der Waals surface area (Å²) in [5.41, 5.74) is 2.20. The third kappa shape index (κ3) is 4.46. The Labute approximate surface area is 212 Å². The molecule has 2 aromatic heterocycles.